The highest BCUT2D eigenvalue weighted by Crippen LogP contribution is 2.36. The van der Waals surface area contributed by atoms with Crippen molar-refractivity contribution >= 4 is 17.5 Å². The molecule has 1 atom stereocenters. The molecule has 0 fully saturated rings. The minimum Gasteiger partial charge on any atom is -0.495 e. The molecule has 0 saturated carbocycles. The number of para-hydroxylation sites is 2. The molecule has 2 N–H and O–H groups in total. The Labute approximate surface area is 173 Å². The Balaban J connectivity index is 1.73. The van der Waals surface area contributed by atoms with Gasteiger partial charge in [-0.05, 0) is 54.1 Å². The Morgan fingerprint density at radius 2 is 1.97 bits per heavy atom. The van der Waals surface area contributed by atoms with Gasteiger partial charge in [0.05, 0.1) is 25.0 Å². The van der Waals surface area contributed by atoms with Crippen LogP contribution in [0, 0.1) is 0 Å². The molecule has 4 rings (SSSR count). The number of hydrogen-bond acceptors (Lipinski definition) is 7. The molecular weight excluding hydrogens is 384 g/mol. The third-order valence-corrected chi connectivity index (χ3v) is 4.82. The second kappa shape index (κ2) is 8.24. The molecule has 1 amide bonds. The van der Waals surface area contributed by atoms with E-state index in [1.165, 1.54) is 0 Å². The first kappa shape index (κ1) is 19.4. The molecule has 1 aromatic heterocycles. The van der Waals surface area contributed by atoms with Gasteiger partial charge >= 0.3 is 0 Å². The number of amides is 1. The highest BCUT2D eigenvalue weighted by atomic mass is 16.5. The van der Waals surface area contributed by atoms with Crippen molar-refractivity contribution in [1.29, 1.82) is 0 Å². The number of anilines is 2. The van der Waals surface area contributed by atoms with Crippen molar-refractivity contribution in [1.82, 2.24) is 20.2 Å². The minimum atomic E-state index is -0.498. The van der Waals surface area contributed by atoms with E-state index in [4.69, 9.17) is 9.47 Å². The standard InChI is InChI=1S/C21H22N6O3/c1-4-30-15-11-9-14(10-12-15)19-18(13(2)22-21-24-25-26-27(19)21)20(28)23-16-7-5-6-8-17(16)29-3/h5-12,19H,4H2,1-3H3,(H,23,28)(H,22,24,26)/t19-/m0/s1. The maximum atomic E-state index is 13.4. The largest absolute Gasteiger partial charge is 0.495 e. The number of tetrazole rings is 1. The zero-order valence-electron chi connectivity index (χ0n) is 16.9. The molecule has 0 radical (unpaired) electrons. The van der Waals surface area contributed by atoms with Crippen LogP contribution in [0.1, 0.15) is 25.5 Å². The lowest BCUT2D eigenvalue weighted by Crippen LogP contribution is -2.31. The van der Waals surface area contributed by atoms with Crippen molar-refractivity contribution in [3.63, 3.8) is 0 Å². The summed E-state index contributed by atoms with van der Waals surface area (Å²) in [5.74, 6) is 1.53. The van der Waals surface area contributed by atoms with Crippen LogP contribution in [0.5, 0.6) is 11.5 Å². The summed E-state index contributed by atoms with van der Waals surface area (Å²) in [6, 6.07) is 14.3. The number of allylic oxidation sites excluding steroid dienone is 1. The lowest BCUT2D eigenvalue weighted by Gasteiger charge is -2.28. The fourth-order valence-electron chi connectivity index (χ4n) is 3.47. The molecule has 9 nitrogen and oxygen atoms in total. The molecule has 30 heavy (non-hydrogen) atoms. The molecule has 2 heterocycles. The van der Waals surface area contributed by atoms with E-state index in [0.29, 0.717) is 35.3 Å². The topological polar surface area (TPSA) is 103 Å². The van der Waals surface area contributed by atoms with Gasteiger partial charge in [-0.15, -0.1) is 0 Å². The van der Waals surface area contributed by atoms with E-state index in [1.54, 1.807) is 23.9 Å². The lowest BCUT2D eigenvalue weighted by molar-refractivity contribution is -0.113. The van der Waals surface area contributed by atoms with Gasteiger partial charge in [-0.3, -0.25) is 4.79 Å². The number of carbonyl (C=O) groups excluding carboxylic acids is 1. The number of nitrogens with one attached hydrogen (secondary N) is 2. The number of carbonyl (C=O) groups is 1. The van der Waals surface area contributed by atoms with Gasteiger partial charge in [0.15, 0.2) is 0 Å². The van der Waals surface area contributed by atoms with Crippen LogP contribution in [-0.4, -0.2) is 39.8 Å². The molecule has 0 bridgehead atoms. The summed E-state index contributed by atoms with van der Waals surface area (Å²) >= 11 is 0. The number of ether oxygens (including phenoxy) is 2. The average Bonchev–Trinajstić information content (AvgIpc) is 3.22. The first-order valence-corrected chi connectivity index (χ1v) is 9.55. The van der Waals surface area contributed by atoms with Crippen molar-refractivity contribution in [2.75, 3.05) is 24.4 Å². The summed E-state index contributed by atoms with van der Waals surface area (Å²) in [6.07, 6.45) is 0. The summed E-state index contributed by atoms with van der Waals surface area (Å²) in [5.41, 5.74) is 2.62. The molecule has 3 aromatic rings. The quantitative estimate of drug-likeness (QED) is 0.649. The Kier molecular flexibility index (Phi) is 5.34. The van der Waals surface area contributed by atoms with Gasteiger partial charge in [0.25, 0.3) is 5.91 Å². The van der Waals surface area contributed by atoms with E-state index in [2.05, 4.69) is 26.2 Å². The molecule has 0 aliphatic carbocycles. The third kappa shape index (κ3) is 3.57. The van der Waals surface area contributed by atoms with E-state index in [9.17, 15) is 4.79 Å². The maximum Gasteiger partial charge on any atom is 0.255 e. The van der Waals surface area contributed by atoms with Gasteiger partial charge in [-0.1, -0.05) is 29.4 Å². The Morgan fingerprint density at radius 1 is 1.20 bits per heavy atom. The monoisotopic (exact) mass is 406 g/mol. The van der Waals surface area contributed by atoms with Crippen LogP contribution in [0.15, 0.2) is 59.8 Å². The van der Waals surface area contributed by atoms with Gasteiger partial charge in [0.2, 0.25) is 5.95 Å². The zero-order chi connectivity index (χ0) is 21.1. The molecule has 0 spiro atoms. The number of aromatic nitrogens is 4. The maximum absolute atomic E-state index is 13.4. The number of benzene rings is 2. The molecule has 0 saturated heterocycles. The van der Waals surface area contributed by atoms with Gasteiger partial charge in [0, 0.05) is 5.70 Å². The fraction of sp³-hybridized carbons (Fsp3) is 0.238. The Hall–Kier alpha value is -3.88. The van der Waals surface area contributed by atoms with Crippen LogP contribution >= 0.6 is 0 Å². The molecule has 154 valence electrons. The Morgan fingerprint density at radius 3 is 2.70 bits per heavy atom. The Bertz CT molecular complexity index is 1090. The zero-order valence-corrected chi connectivity index (χ0v) is 16.9. The second-order valence-corrected chi connectivity index (χ2v) is 6.67. The number of fused-ring (bicyclic) bond motifs is 1. The van der Waals surface area contributed by atoms with Crippen LogP contribution in [-0.2, 0) is 4.79 Å². The van der Waals surface area contributed by atoms with Crippen LogP contribution < -0.4 is 20.1 Å². The van der Waals surface area contributed by atoms with Crippen molar-refractivity contribution in [3.05, 3.63) is 65.4 Å². The van der Waals surface area contributed by atoms with Gasteiger partial charge < -0.3 is 20.1 Å². The highest BCUT2D eigenvalue weighted by Gasteiger charge is 2.34. The van der Waals surface area contributed by atoms with Gasteiger partial charge in [0.1, 0.15) is 17.5 Å². The SMILES string of the molecule is CCOc1ccc([C@H]2C(C(=O)Nc3ccccc3OC)=C(C)Nc3nnnn32)cc1. The minimum absolute atomic E-state index is 0.274. The average molecular weight is 406 g/mol. The molecule has 2 aromatic carbocycles. The van der Waals surface area contributed by atoms with Crippen LogP contribution in [0.2, 0.25) is 0 Å². The van der Waals surface area contributed by atoms with Crippen molar-refractivity contribution in [2.45, 2.75) is 19.9 Å². The molecule has 0 unspecified atom stereocenters. The number of nitrogens with zero attached hydrogens (tertiary/aromatic N) is 4. The van der Waals surface area contributed by atoms with Crippen LogP contribution in [0.3, 0.4) is 0 Å². The summed E-state index contributed by atoms with van der Waals surface area (Å²) in [7, 11) is 1.56. The van der Waals surface area contributed by atoms with Crippen molar-refractivity contribution in [3.8, 4) is 11.5 Å². The summed E-state index contributed by atoms with van der Waals surface area (Å²) < 4.78 is 12.5. The van der Waals surface area contributed by atoms with Crippen LogP contribution in [0.4, 0.5) is 11.6 Å². The second-order valence-electron chi connectivity index (χ2n) is 6.67. The highest BCUT2D eigenvalue weighted by molar-refractivity contribution is 6.06. The first-order valence-electron chi connectivity index (χ1n) is 9.55. The number of hydrogen-bond donors (Lipinski definition) is 2. The van der Waals surface area contributed by atoms with E-state index >= 15 is 0 Å². The molecule has 9 heteroatoms. The first-order chi connectivity index (χ1) is 14.6. The lowest BCUT2D eigenvalue weighted by atomic mass is 9.95. The molecule has 1 aliphatic rings. The summed E-state index contributed by atoms with van der Waals surface area (Å²) in [6.45, 7) is 4.34. The molecular formula is C21H22N6O3. The van der Waals surface area contributed by atoms with E-state index in [0.717, 1.165) is 11.3 Å². The van der Waals surface area contributed by atoms with E-state index < -0.39 is 6.04 Å². The predicted octanol–water partition coefficient (Wildman–Crippen LogP) is 3.01. The normalized spacial score (nSPS) is 15.2. The van der Waals surface area contributed by atoms with Crippen molar-refractivity contribution < 1.29 is 14.3 Å². The predicted molar refractivity (Wildman–Crippen MR) is 112 cm³/mol. The smallest absolute Gasteiger partial charge is 0.255 e. The van der Waals surface area contributed by atoms with E-state index in [1.807, 2.05) is 50.2 Å². The molecule has 1 aliphatic heterocycles. The summed E-state index contributed by atoms with van der Waals surface area (Å²) in [4.78, 5) is 13.4. The van der Waals surface area contributed by atoms with E-state index in [-0.39, 0.29) is 5.91 Å². The van der Waals surface area contributed by atoms with Gasteiger partial charge in [-0.25, -0.2) is 0 Å². The van der Waals surface area contributed by atoms with Gasteiger partial charge in [-0.2, -0.15) is 4.68 Å². The number of rotatable bonds is 6. The summed E-state index contributed by atoms with van der Waals surface area (Å²) in [5, 5.41) is 17.9. The van der Waals surface area contributed by atoms with Crippen LogP contribution in [0.25, 0.3) is 0 Å². The fourth-order valence-corrected chi connectivity index (χ4v) is 3.47. The van der Waals surface area contributed by atoms with Crippen molar-refractivity contribution in [2.24, 2.45) is 0 Å². The third-order valence-electron chi connectivity index (χ3n) is 4.82. The number of methoxy groups -OCH3 is 1.